The van der Waals surface area contributed by atoms with Crippen molar-refractivity contribution >= 4 is 17.7 Å². The van der Waals surface area contributed by atoms with Crippen molar-refractivity contribution < 1.29 is 9.53 Å². The third-order valence-corrected chi connectivity index (χ3v) is 2.37. The first-order valence-corrected chi connectivity index (χ1v) is 5.12. The molecule has 2 aromatic heterocycles. The summed E-state index contributed by atoms with van der Waals surface area (Å²) in [6.07, 6.45) is 5.06. The van der Waals surface area contributed by atoms with E-state index in [0.717, 1.165) is 5.69 Å². The predicted octanol–water partition coefficient (Wildman–Crippen LogP) is 1.78. The van der Waals surface area contributed by atoms with Gasteiger partial charge in [0.1, 0.15) is 11.4 Å². The summed E-state index contributed by atoms with van der Waals surface area (Å²) in [6, 6.07) is 7.30. The van der Waals surface area contributed by atoms with E-state index in [1.54, 1.807) is 30.6 Å². The Bertz CT molecular complexity index is 588. The number of aromatic amines is 1. The number of nitrogens with zero attached hydrogens (tertiary/aromatic N) is 1. The molecule has 3 rings (SSSR count). The average molecular weight is 227 g/mol. The van der Waals surface area contributed by atoms with Crippen LogP contribution < -0.4 is 10.1 Å². The van der Waals surface area contributed by atoms with Gasteiger partial charge in [0.2, 0.25) is 5.88 Å². The number of carbonyl (C=O) groups is 1. The number of anilines is 1. The van der Waals surface area contributed by atoms with Gasteiger partial charge in [0.15, 0.2) is 0 Å². The van der Waals surface area contributed by atoms with Crippen LogP contribution in [0, 0.1) is 0 Å². The van der Waals surface area contributed by atoms with E-state index < -0.39 is 5.97 Å². The predicted molar refractivity (Wildman–Crippen MR) is 62.3 cm³/mol. The van der Waals surface area contributed by atoms with Gasteiger partial charge in [-0.25, -0.2) is 9.78 Å². The van der Waals surface area contributed by atoms with E-state index in [9.17, 15) is 4.79 Å². The first kappa shape index (κ1) is 9.65. The number of H-pyrrole nitrogens is 1. The molecule has 0 atom stereocenters. The van der Waals surface area contributed by atoms with E-state index >= 15 is 0 Å². The number of nitrogens with one attached hydrogen (secondary N) is 2. The number of fused-ring (bicyclic) bond motifs is 1. The highest BCUT2D eigenvalue weighted by atomic mass is 16.5. The molecule has 0 fully saturated rings. The molecule has 5 heteroatoms. The van der Waals surface area contributed by atoms with E-state index in [1.165, 1.54) is 0 Å². The molecule has 84 valence electrons. The Morgan fingerprint density at radius 3 is 3.06 bits per heavy atom. The second-order valence-corrected chi connectivity index (χ2v) is 3.55. The molecule has 0 radical (unpaired) electrons. The summed E-state index contributed by atoms with van der Waals surface area (Å²) in [4.78, 5) is 18.6. The van der Waals surface area contributed by atoms with Crippen molar-refractivity contribution in [3.8, 4) is 5.88 Å². The van der Waals surface area contributed by atoms with Gasteiger partial charge in [-0.05, 0) is 30.3 Å². The van der Waals surface area contributed by atoms with Crippen molar-refractivity contribution in [3.05, 3.63) is 48.1 Å². The third-order valence-electron chi connectivity index (χ3n) is 2.37. The maximum atomic E-state index is 11.7. The zero-order chi connectivity index (χ0) is 11.7. The van der Waals surface area contributed by atoms with E-state index in [-0.39, 0.29) is 0 Å². The smallest absolute Gasteiger partial charge is 0.361 e. The summed E-state index contributed by atoms with van der Waals surface area (Å²) in [7, 11) is 0. The molecule has 0 saturated carbocycles. The largest absolute Gasteiger partial charge is 0.400 e. The highest BCUT2D eigenvalue weighted by Crippen LogP contribution is 2.27. The molecule has 0 spiro atoms. The lowest BCUT2D eigenvalue weighted by molar-refractivity contribution is -0.130. The number of ether oxygens (including phenoxy) is 1. The molecule has 0 unspecified atom stereocenters. The van der Waals surface area contributed by atoms with Crippen molar-refractivity contribution in [2.75, 3.05) is 5.32 Å². The quantitative estimate of drug-likeness (QED) is 0.575. The van der Waals surface area contributed by atoms with Crippen LogP contribution in [0.25, 0.3) is 6.08 Å². The highest BCUT2D eigenvalue weighted by Gasteiger charge is 2.22. The van der Waals surface area contributed by atoms with Gasteiger partial charge in [-0.3, -0.25) is 0 Å². The lowest BCUT2D eigenvalue weighted by atomic mass is 10.2. The fraction of sp³-hybridized carbons (Fsp3) is 0. The lowest BCUT2D eigenvalue weighted by Crippen LogP contribution is -2.23. The van der Waals surface area contributed by atoms with Crippen LogP contribution >= 0.6 is 0 Å². The average Bonchev–Trinajstić information content (AvgIpc) is 2.83. The minimum atomic E-state index is -0.439. The molecule has 3 heterocycles. The van der Waals surface area contributed by atoms with Crippen molar-refractivity contribution in [1.29, 1.82) is 0 Å². The molecule has 17 heavy (non-hydrogen) atoms. The van der Waals surface area contributed by atoms with Gasteiger partial charge in [-0.15, -0.1) is 0 Å². The Labute approximate surface area is 97.1 Å². The first-order chi connectivity index (χ1) is 8.33. The first-order valence-electron chi connectivity index (χ1n) is 5.12. The van der Waals surface area contributed by atoms with Crippen molar-refractivity contribution in [1.82, 2.24) is 9.97 Å². The summed E-state index contributed by atoms with van der Waals surface area (Å²) < 4.78 is 5.10. The number of esters is 1. The molecule has 0 amide bonds. The molecule has 5 nitrogen and oxygen atoms in total. The second kappa shape index (κ2) is 3.79. The zero-order valence-corrected chi connectivity index (χ0v) is 8.81. The normalized spacial score (nSPS) is 16.2. The number of rotatable bonds is 1. The van der Waals surface area contributed by atoms with Gasteiger partial charge in [0, 0.05) is 18.1 Å². The van der Waals surface area contributed by atoms with Crippen LogP contribution in [0.2, 0.25) is 0 Å². The summed E-state index contributed by atoms with van der Waals surface area (Å²) in [6.45, 7) is 0. The molecule has 0 aromatic carbocycles. The minimum absolute atomic E-state index is 0.307. The van der Waals surface area contributed by atoms with Crippen LogP contribution in [0.3, 0.4) is 0 Å². The van der Waals surface area contributed by atoms with Crippen LogP contribution in [0.4, 0.5) is 5.69 Å². The topological polar surface area (TPSA) is 67.0 Å². The van der Waals surface area contributed by atoms with Gasteiger partial charge in [-0.2, -0.15) is 0 Å². The van der Waals surface area contributed by atoms with E-state index in [1.807, 2.05) is 12.1 Å². The monoisotopic (exact) mass is 227 g/mol. The second-order valence-electron chi connectivity index (χ2n) is 3.55. The summed E-state index contributed by atoms with van der Waals surface area (Å²) in [5, 5.41) is 2.99. The van der Waals surface area contributed by atoms with Crippen LogP contribution in [0.1, 0.15) is 5.69 Å². The summed E-state index contributed by atoms with van der Waals surface area (Å²) >= 11 is 0. The molecule has 0 aliphatic carbocycles. The van der Waals surface area contributed by atoms with Crippen LogP contribution in [0.15, 0.2) is 42.4 Å². The maximum absolute atomic E-state index is 11.7. The number of pyridine rings is 1. The zero-order valence-electron chi connectivity index (χ0n) is 8.81. The molecule has 0 bridgehead atoms. The molecule has 1 aliphatic rings. The highest BCUT2D eigenvalue weighted by molar-refractivity contribution is 6.00. The van der Waals surface area contributed by atoms with Crippen LogP contribution in [-0.4, -0.2) is 15.9 Å². The Kier molecular flexibility index (Phi) is 2.15. The van der Waals surface area contributed by atoms with E-state index in [4.69, 9.17) is 4.74 Å². The van der Waals surface area contributed by atoms with Gasteiger partial charge in [-0.1, -0.05) is 0 Å². The van der Waals surface area contributed by atoms with E-state index in [2.05, 4.69) is 15.3 Å². The Morgan fingerprint density at radius 1 is 1.29 bits per heavy atom. The molecular formula is C12H9N3O2. The van der Waals surface area contributed by atoms with Gasteiger partial charge in [0.25, 0.3) is 0 Å². The van der Waals surface area contributed by atoms with Gasteiger partial charge in [0.05, 0.1) is 0 Å². The minimum Gasteiger partial charge on any atom is -0.400 e. The summed E-state index contributed by atoms with van der Waals surface area (Å²) in [5.41, 5.74) is 1.90. The maximum Gasteiger partial charge on any atom is 0.361 e. The van der Waals surface area contributed by atoms with Crippen LogP contribution in [0.5, 0.6) is 5.88 Å². The SMILES string of the molecule is O=C1Oc2ncccc2NC1=Cc1ccc[nH]1. The molecule has 2 aromatic rings. The number of carbonyl (C=O) groups excluding carboxylic acids is 1. The van der Waals surface area contributed by atoms with Crippen molar-refractivity contribution in [2.45, 2.75) is 0 Å². The van der Waals surface area contributed by atoms with E-state index in [0.29, 0.717) is 17.3 Å². The molecule has 0 saturated heterocycles. The number of hydrogen-bond acceptors (Lipinski definition) is 4. The Balaban J connectivity index is 1.97. The summed E-state index contributed by atoms with van der Waals surface area (Å²) in [5.74, 6) is -0.132. The fourth-order valence-corrected chi connectivity index (χ4v) is 1.59. The molecular weight excluding hydrogens is 218 g/mol. The number of hydrogen-bond donors (Lipinski definition) is 2. The third kappa shape index (κ3) is 1.78. The van der Waals surface area contributed by atoms with Crippen LogP contribution in [-0.2, 0) is 4.79 Å². The fourth-order valence-electron chi connectivity index (χ4n) is 1.59. The Morgan fingerprint density at radius 2 is 2.24 bits per heavy atom. The lowest BCUT2D eigenvalue weighted by Gasteiger charge is -2.18. The van der Waals surface area contributed by atoms with Crippen molar-refractivity contribution in [3.63, 3.8) is 0 Å². The Hall–Kier alpha value is -2.56. The number of aromatic nitrogens is 2. The molecule has 2 N–H and O–H groups in total. The van der Waals surface area contributed by atoms with Gasteiger partial charge < -0.3 is 15.0 Å². The standard InChI is InChI=1S/C12H9N3O2/c16-12-10(7-8-3-1-5-13-8)15-9-4-2-6-14-11(9)17-12/h1-7,13,15H. The molecule has 1 aliphatic heterocycles. The van der Waals surface area contributed by atoms with Gasteiger partial charge >= 0.3 is 5.97 Å². The van der Waals surface area contributed by atoms with Crippen molar-refractivity contribution in [2.24, 2.45) is 0 Å².